The molecule has 0 aromatic heterocycles. The van der Waals surface area contributed by atoms with Gasteiger partial charge < -0.3 is 4.74 Å². The molecule has 2 aromatic carbocycles. The molecule has 2 aromatic rings. The Labute approximate surface area is 113 Å². The summed E-state index contributed by atoms with van der Waals surface area (Å²) in [7, 11) is 0. The Balaban J connectivity index is 1.76. The molecule has 1 aliphatic heterocycles. The lowest BCUT2D eigenvalue weighted by molar-refractivity contribution is -0.122. The highest BCUT2D eigenvalue weighted by Gasteiger charge is 2.27. The number of carbonyl (C=O) groups is 1. The summed E-state index contributed by atoms with van der Waals surface area (Å²) in [6, 6.07) is 14.5. The van der Waals surface area contributed by atoms with E-state index in [9.17, 15) is 4.79 Å². The number of hydrogen-bond donors (Lipinski definition) is 0. The zero-order valence-corrected chi connectivity index (χ0v) is 11.1. The molecule has 0 N–H and O–H groups in total. The third-order valence-electron chi connectivity index (χ3n) is 3.85. The van der Waals surface area contributed by atoms with Gasteiger partial charge in [0.25, 0.3) is 0 Å². The summed E-state index contributed by atoms with van der Waals surface area (Å²) in [6.45, 7) is 2.62. The van der Waals surface area contributed by atoms with Crippen LogP contribution in [0.4, 0.5) is 0 Å². The van der Waals surface area contributed by atoms with Crippen LogP contribution in [0.2, 0.25) is 0 Å². The third-order valence-corrected chi connectivity index (χ3v) is 3.85. The molecular weight excluding hydrogens is 236 g/mol. The average Bonchev–Trinajstić information content (AvgIpc) is 2.85. The highest BCUT2D eigenvalue weighted by Crippen LogP contribution is 2.22. The predicted octanol–water partition coefficient (Wildman–Crippen LogP) is 3.38. The van der Waals surface area contributed by atoms with Gasteiger partial charge in [0.05, 0.1) is 12.7 Å². The maximum atomic E-state index is 12.2. The van der Waals surface area contributed by atoms with Crippen LogP contribution in [0.1, 0.15) is 18.9 Å². The van der Waals surface area contributed by atoms with Crippen LogP contribution in [0.3, 0.4) is 0 Å². The first-order valence-corrected chi connectivity index (χ1v) is 6.84. The number of Topliss-reactive ketones (excluding diaryl/α,β-unsaturated/α-hetero) is 1. The predicted molar refractivity (Wildman–Crippen MR) is 76.2 cm³/mol. The van der Waals surface area contributed by atoms with Gasteiger partial charge in [0, 0.05) is 12.3 Å². The van der Waals surface area contributed by atoms with E-state index in [0.29, 0.717) is 18.8 Å². The number of hydrogen-bond acceptors (Lipinski definition) is 2. The molecular formula is C17H18O2. The lowest BCUT2D eigenvalue weighted by Gasteiger charge is -2.07. The molecule has 19 heavy (non-hydrogen) atoms. The molecule has 98 valence electrons. The van der Waals surface area contributed by atoms with Crippen molar-refractivity contribution in [2.75, 3.05) is 6.61 Å². The van der Waals surface area contributed by atoms with Crippen LogP contribution in [0.5, 0.6) is 0 Å². The summed E-state index contributed by atoms with van der Waals surface area (Å²) in [6.07, 6.45) is 1.61. The van der Waals surface area contributed by atoms with E-state index < -0.39 is 0 Å². The van der Waals surface area contributed by atoms with Crippen molar-refractivity contribution in [3.63, 3.8) is 0 Å². The van der Waals surface area contributed by atoms with Crippen LogP contribution >= 0.6 is 0 Å². The zero-order valence-electron chi connectivity index (χ0n) is 11.1. The quantitative estimate of drug-likeness (QED) is 0.839. The molecule has 1 aliphatic rings. The van der Waals surface area contributed by atoms with Gasteiger partial charge in [-0.3, -0.25) is 4.79 Å². The number of benzene rings is 2. The fourth-order valence-corrected chi connectivity index (χ4v) is 2.74. The standard InChI is InChI=1S/C17H18O2/c1-12-8-16(11-19-12)17(18)10-13-6-7-14-4-2-3-5-15(14)9-13/h2-7,9,12,16H,8,10-11H2,1H3. The van der Waals surface area contributed by atoms with Gasteiger partial charge in [-0.15, -0.1) is 0 Å². The minimum absolute atomic E-state index is 0.0847. The van der Waals surface area contributed by atoms with Crippen molar-refractivity contribution in [3.8, 4) is 0 Å². The molecule has 0 bridgehead atoms. The van der Waals surface area contributed by atoms with E-state index in [1.807, 2.05) is 19.1 Å². The van der Waals surface area contributed by atoms with Crippen molar-refractivity contribution in [2.24, 2.45) is 5.92 Å². The van der Waals surface area contributed by atoms with E-state index in [4.69, 9.17) is 4.74 Å². The van der Waals surface area contributed by atoms with Crippen LogP contribution in [0.15, 0.2) is 42.5 Å². The van der Waals surface area contributed by atoms with E-state index in [1.165, 1.54) is 10.8 Å². The van der Waals surface area contributed by atoms with Gasteiger partial charge in [-0.05, 0) is 29.7 Å². The van der Waals surface area contributed by atoms with Crippen molar-refractivity contribution in [3.05, 3.63) is 48.0 Å². The molecule has 1 fully saturated rings. The molecule has 0 radical (unpaired) electrons. The molecule has 2 atom stereocenters. The molecule has 3 rings (SSSR count). The number of ketones is 1. The molecule has 2 unspecified atom stereocenters. The molecule has 0 amide bonds. The first-order valence-electron chi connectivity index (χ1n) is 6.84. The molecule has 0 aliphatic carbocycles. The molecule has 0 spiro atoms. The van der Waals surface area contributed by atoms with Crippen molar-refractivity contribution < 1.29 is 9.53 Å². The summed E-state index contributed by atoms with van der Waals surface area (Å²) in [4.78, 5) is 12.2. The van der Waals surface area contributed by atoms with Crippen molar-refractivity contribution >= 4 is 16.6 Å². The molecule has 0 saturated carbocycles. The van der Waals surface area contributed by atoms with Gasteiger partial charge in [-0.1, -0.05) is 42.5 Å². The maximum Gasteiger partial charge on any atom is 0.142 e. The lowest BCUT2D eigenvalue weighted by atomic mass is 9.95. The number of ether oxygens (including phenoxy) is 1. The first kappa shape index (κ1) is 12.4. The fraction of sp³-hybridized carbons (Fsp3) is 0.353. The third kappa shape index (κ3) is 2.69. The summed E-state index contributed by atoms with van der Waals surface area (Å²) in [5, 5.41) is 2.42. The largest absolute Gasteiger partial charge is 0.378 e. The van der Waals surface area contributed by atoms with E-state index in [2.05, 4.69) is 30.3 Å². The monoisotopic (exact) mass is 254 g/mol. The van der Waals surface area contributed by atoms with Gasteiger partial charge in [0.15, 0.2) is 0 Å². The van der Waals surface area contributed by atoms with Gasteiger partial charge in [0.1, 0.15) is 5.78 Å². The second kappa shape index (κ2) is 5.14. The number of fused-ring (bicyclic) bond motifs is 1. The molecule has 1 saturated heterocycles. The average molecular weight is 254 g/mol. The van der Waals surface area contributed by atoms with Gasteiger partial charge >= 0.3 is 0 Å². The molecule has 2 nitrogen and oxygen atoms in total. The number of rotatable bonds is 3. The van der Waals surface area contributed by atoms with Crippen LogP contribution in [-0.2, 0) is 16.0 Å². The highest BCUT2D eigenvalue weighted by atomic mass is 16.5. The summed E-state index contributed by atoms with van der Waals surface area (Å²) in [5.74, 6) is 0.390. The number of carbonyl (C=O) groups excluding carboxylic acids is 1. The fourth-order valence-electron chi connectivity index (χ4n) is 2.74. The second-order valence-electron chi connectivity index (χ2n) is 5.40. The van der Waals surface area contributed by atoms with E-state index in [1.54, 1.807) is 0 Å². The topological polar surface area (TPSA) is 26.3 Å². The molecule has 1 heterocycles. The second-order valence-corrected chi connectivity index (χ2v) is 5.40. The Kier molecular flexibility index (Phi) is 3.34. The Morgan fingerprint density at radius 2 is 2.00 bits per heavy atom. The Morgan fingerprint density at radius 1 is 1.21 bits per heavy atom. The first-order chi connectivity index (χ1) is 9.22. The van der Waals surface area contributed by atoms with Crippen LogP contribution in [0, 0.1) is 5.92 Å². The van der Waals surface area contributed by atoms with Crippen LogP contribution in [-0.4, -0.2) is 18.5 Å². The van der Waals surface area contributed by atoms with Crippen LogP contribution in [0.25, 0.3) is 10.8 Å². The minimum Gasteiger partial charge on any atom is -0.378 e. The van der Waals surface area contributed by atoms with Crippen molar-refractivity contribution in [1.29, 1.82) is 0 Å². The van der Waals surface area contributed by atoms with Gasteiger partial charge in [-0.2, -0.15) is 0 Å². The van der Waals surface area contributed by atoms with Gasteiger partial charge in [0.2, 0.25) is 0 Å². The maximum absolute atomic E-state index is 12.2. The van der Waals surface area contributed by atoms with Crippen molar-refractivity contribution in [1.82, 2.24) is 0 Å². The Morgan fingerprint density at radius 3 is 2.74 bits per heavy atom. The van der Waals surface area contributed by atoms with Crippen molar-refractivity contribution in [2.45, 2.75) is 25.9 Å². The molecule has 2 heteroatoms. The van der Waals surface area contributed by atoms with E-state index in [0.717, 1.165) is 12.0 Å². The minimum atomic E-state index is 0.0847. The summed E-state index contributed by atoms with van der Waals surface area (Å²) < 4.78 is 5.47. The van der Waals surface area contributed by atoms with E-state index >= 15 is 0 Å². The van der Waals surface area contributed by atoms with Gasteiger partial charge in [-0.25, -0.2) is 0 Å². The Bertz CT molecular complexity index is 603. The zero-order chi connectivity index (χ0) is 13.2. The SMILES string of the molecule is CC1CC(C(=O)Cc2ccc3ccccc3c2)CO1. The summed E-state index contributed by atoms with van der Waals surface area (Å²) >= 11 is 0. The van der Waals surface area contributed by atoms with Crippen LogP contribution < -0.4 is 0 Å². The summed E-state index contributed by atoms with van der Waals surface area (Å²) in [5.41, 5.74) is 1.10. The van der Waals surface area contributed by atoms with E-state index in [-0.39, 0.29) is 12.0 Å². The Hall–Kier alpha value is -1.67. The smallest absolute Gasteiger partial charge is 0.142 e. The lowest BCUT2D eigenvalue weighted by Crippen LogP contribution is -2.16. The normalized spacial score (nSPS) is 22.8. The highest BCUT2D eigenvalue weighted by molar-refractivity contribution is 5.87.